The highest BCUT2D eigenvalue weighted by atomic mass is 31.2. The van der Waals surface area contributed by atoms with Crippen LogP contribution in [0, 0.1) is 11.7 Å². The van der Waals surface area contributed by atoms with Gasteiger partial charge in [-0.05, 0) is 30.5 Å². The number of halogens is 1. The number of ether oxygens (including phenoxy) is 4. The molecule has 39 heavy (non-hydrogen) atoms. The fourth-order valence-corrected chi connectivity index (χ4v) is 4.17. The molecule has 0 spiro atoms. The molecule has 0 fully saturated rings. The van der Waals surface area contributed by atoms with Gasteiger partial charge in [0.2, 0.25) is 12.7 Å². The van der Waals surface area contributed by atoms with E-state index in [2.05, 4.69) is 15.0 Å². The quantitative estimate of drug-likeness (QED) is 0.125. The smallest absolute Gasteiger partial charge is 0.494 e. The lowest BCUT2D eigenvalue weighted by Crippen LogP contribution is -2.21. The van der Waals surface area contributed by atoms with Crippen LogP contribution in [0.2, 0.25) is 0 Å². The second kappa shape index (κ2) is 13.5. The number of carbonyl (C=O) groups is 1. The lowest BCUT2D eigenvalue weighted by Gasteiger charge is -2.20. The van der Waals surface area contributed by atoms with Crippen LogP contribution in [0.1, 0.15) is 26.3 Å². The van der Waals surface area contributed by atoms with Crippen molar-refractivity contribution < 1.29 is 41.7 Å². The van der Waals surface area contributed by atoms with E-state index in [9.17, 15) is 18.5 Å². The molecule has 3 N–H and O–H groups in total. The van der Waals surface area contributed by atoms with E-state index in [0.717, 1.165) is 6.07 Å². The van der Waals surface area contributed by atoms with Crippen LogP contribution < -0.4 is 16.0 Å². The monoisotopic (exact) mass is 571 g/mol. The Kier molecular flexibility index (Phi) is 10.4. The molecule has 0 aliphatic carbocycles. The number of nitrogen functional groups attached to an aromatic ring is 1. The highest BCUT2D eigenvalue weighted by Gasteiger charge is 2.27. The van der Waals surface area contributed by atoms with Crippen molar-refractivity contribution >= 4 is 30.9 Å². The first-order valence-electron chi connectivity index (χ1n) is 11.8. The third kappa shape index (κ3) is 8.48. The number of nitrogens with one attached hydrogen (secondary N) is 1. The van der Waals surface area contributed by atoms with Crippen molar-refractivity contribution in [3.05, 3.63) is 46.3 Å². The van der Waals surface area contributed by atoms with E-state index in [1.54, 1.807) is 6.92 Å². The molecule has 0 aliphatic rings. The van der Waals surface area contributed by atoms with Crippen LogP contribution in [0.3, 0.4) is 0 Å². The summed E-state index contributed by atoms with van der Waals surface area (Å²) in [5.74, 6) is -0.604. The Balaban J connectivity index is 1.61. The molecule has 1 aromatic carbocycles. The molecular weight excluding hydrogens is 540 g/mol. The highest BCUT2D eigenvalue weighted by molar-refractivity contribution is 7.53. The summed E-state index contributed by atoms with van der Waals surface area (Å²) in [6.07, 6.45) is -0.559. The minimum absolute atomic E-state index is 0.0114. The predicted molar refractivity (Wildman–Crippen MR) is 137 cm³/mol. The van der Waals surface area contributed by atoms with E-state index >= 15 is 0 Å². The summed E-state index contributed by atoms with van der Waals surface area (Å²) in [5, 5.41) is 0. The Morgan fingerprint density at radius 2 is 2.03 bits per heavy atom. The first kappa shape index (κ1) is 30.0. The normalized spacial score (nSPS) is 13.8. The van der Waals surface area contributed by atoms with Crippen molar-refractivity contribution in [1.29, 1.82) is 0 Å². The maximum Gasteiger partial charge on any atom is 0.510 e. The zero-order valence-corrected chi connectivity index (χ0v) is 22.8. The van der Waals surface area contributed by atoms with Gasteiger partial charge in [-0.2, -0.15) is 4.98 Å². The van der Waals surface area contributed by atoms with Crippen molar-refractivity contribution in [1.82, 2.24) is 19.5 Å². The number of nitrogens with two attached hydrogens (primary N) is 1. The highest BCUT2D eigenvalue weighted by Crippen LogP contribution is 2.49. The number of methoxy groups -OCH3 is 1. The number of hydrogen-bond donors (Lipinski definition) is 2. The molecule has 214 valence electrons. The van der Waals surface area contributed by atoms with Crippen LogP contribution in [-0.2, 0) is 41.0 Å². The first-order valence-corrected chi connectivity index (χ1v) is 13.6. The average molecular weight is 571 g/mol. The lowest BCUT2D eigenvalue weighted by molar-refractivity contribution is -0.0269. The lowest BCUT2D eigenvalue weighted by atomic mass is 10.1. The van der Waals surface area contributed by atoms with Gasteiger partial charge in [-0.3, -0.25) is 18.9 Å². The van der Waals surface area contributed by atoms with E-state index in [0.29, 0.717) is 5.56 Å². The first-order chi connectivity index (χ1) is 18.5. The van der Waals surface area contributed by atoms with Gasteiger partial charge in [0.25, 0.3) is 5.56 Å². The van der Waals surface area contributed by atoms with Gasteiger partial charge >= 0.3 is 13.8 Å². The van der Waals surface area contributed by atoms with Crippen molar-refractivity contribution in [3.63, 3.8) is 0 Å². The van der Waals surface area contributed by atoms with E-state index in [-0.39, 0.29) is 48.5 Å². The summed E-state index contributed by atoms with van der Waals surface area (Å²) >= 11 is 0. The number of nitrogens with zero attached hydrogens (tertiary/aromatic N) is 3. The van der Waals surface area contributed by atoms with Crippen LogP contribution >= 0.6 is 7.60 Å². The van der Waals surface area contributed by atoms with Gasteiger partial charge in [0.1, 0.15) is 12.5 Å². The van der Waals surface area contributed by atoms with Gasteiger partial charge in [0.15, 0.2) is 22.7 Å². The number of benzene rings is 1. The van der Waals surface area contributed by atoms with Gasteiger partial charge in [-0.1, -0.05) is 19.9 Å². The second-order valence-electron chi connectivity index (χ2n) is 8.66. The molecule has 0 radical (unpaired) electrons. The SMILES string of the molecule is COc1ccc(COP(=O)(COCCn2cnc3c(=O)[nH]c(N)nc32)OCOC(=O)OC(C)C(C)C)cc1F. The van der Waals surface area contributed by atoms with E-state index in [4.69, 9.17) is 33.7 Å². The molecule has 0 aliphatic heterocycles. The number of imidazole rings is 1. The summed E-state index contributed by atoms with van der Waals surface area (Å²) in [6.45, 7) is 4.56. The molecule has 0 bridgehead atoms. The van der Waals surface area contributed by atoms with E-state index < -0.39 is 44.4 Å². The van der Waals surface area contributed by atoms with E-state index in [1.807, 2.05) is 13.8 Å². The number of fused-ring (bicyclic) bond motifs is 1. The molecular formula is C23H31FN5O9P. The Bertz CT molecular complexity index is 1380. The third-order valence-corrected chi connectivity index (χ3v) is 7.03. The van der Waals surface area contributed by atoms with Gasteiger partial charge in [0.05, 0.1) is 26.7 Å². The molecule has 2 atom stereocenters. The van der Waals surface area contributed by atoms with Crippen LogP contribution in [-0.4, -0.2) is 58.6 Å². The molecule has 0 amide bonds. The van der Waals surface area contributed by atoms with Crippen LogP contribution in [0.15, 0.2) is 29.3 Å². The van der Waals surface area contributed by atoms with Crippen LogP contribution in [0.5, 0.6) is 5.75 Å². The average Bonchev–Trinajstić information content (AvgIpc) is 3.28. The number of hydrogen-bond acceptors (Lipinski definition) is 12. The Labute approximate surface area is 223 Å². The second-order valence-corrected chi connectivity index (χ2v) is 10.7. The maximum atomic E-state index is 14.0. The predicted octanol–water partition coefficient (Wildman–Crippen LogP) is 3.41. The standard InChI is InChI=1S/C23H31FN5O9P/c1-14(2)15(3)38-23(31)35-12-37-39(32,36-10-16-5-6-18(33-4)17(24)9-16)13-34-8-7-29-11-26-19-20(29)27-22(25)28-21(19)30/h5-6,9,11,14-15H,7-8,10,12-13H2,1-4H3,(H3,25,27,28,30). The molecule has 0 saturated heterocycles. The third-order valence-electron chi connectivity index (χ3n) is 5.51. The molecule has 3 rings (SSSR count). The maximum absolute atomic E-state index is 14.0. The summed E-state index contributed by atoms with van der Waals surface area (Å²) in [7, 11) is -2.69. The summed E-state index contributed by atoms with van der Waals surface area (Å²) < 4.78 is 60.0. The Morgan fingerprint density at radius 3 is 2.72 bits per heavy atom. The number of aromatic amines is 1. The van der Waals surface area contributed by atoms with Gasteiger partial charge in [-0.25, -0.2) is 14.2 Å². The number of aromatic nitrogens is 4. The van der Waals surface area contributed by atoms with Gasteiger partial charge in [0, 0.05) is 6.54 Å². The van der Waals surface area contributed by atoms with Crippen molar-refractivity contribution in [2.75, 3.05) is 32.6 Å². The fraction of sp³-hybridized carbons (Fsp3) is 0.478. The van der Waals surface area contributed by atoms with Crippen molar-refractivity contribution in [3.8, 4) is 5.75 Å². The van der Waals surface area contributed by atoms with E-state index in [1.165, 1.54) is 30.1 Å². The molecule has 2 heterocycles. The zero-order valence-electron chi connectivity index (χ0n) is 21.9. The van der Waals surface area contributed by atoms with Crippen LogP contribution in [0.4, 0.5) is 15.1 Å². The largest absolute Gasteiger partial charge is 0.510 e. The molecule has 16 heteroatoms. The zero-order chi connectivity index (χ0) is 28.6. The Hall–Kier alpha value is -3.52. The molecule has 2 unspecified atom stereocenters. The Morgan fingerprint density at radius 1 is 1.26 bits per heavy atom. The molecule has 2 aromatic heterocycles. The number of anilines is 1. The number of rotatable bonds is 14. The summed E-state index contributed by atoms with van der Waals surface area (Å²) in [5.41, 5.74) is 5.81. The van der Waals surface area contributed by atoms with Crippen LogP contribution in [0.25, 0.3) is 11.2 Å². The fourth-order valence-electron chi connectivity index (χ4n) is 3.03. The summed E-state index contributed by atoms with van der Waals surface area (Å²) in [4.78, 5) is 34.2. The minimum atomic E-state index is -4.02. The minimum Gasteiger partial charge on any atom is -0.494 e. The van der Waals surface area contributed by atoms with Gasteiger partial charge in [-0.15, -0.1) is 0 Å². The molecule has 14 nitrogen and oxygen atoms in total. The van der Waals surface area contributed by atoms with Crippen molar-refractivity contribution in [2.24, 2.45) is 5.92 Å². The topological polar surface area (TPSA) is 179 Å². The molecule has 0 saturated carbocycles. The van der Waals surface area contributed by atoms with Crippen molar-refractivity contribution in [2.45, 2.75) is 40.0 Å². The molecule has 3 aromatic rings. The number of H-pyrrole nitrogens is 1. The summed E-state index contributed by atoms with van der Waals surface area (Å²) in [6, 6.07) is 4.08. The van der Waals surface area contributed by atoms with Gasteiger partial charge < -0.3 is 33.8 Å². The number of carbonyl (C=O) groups excluding carboxylic acids is 1.